The van der Waals surface area contributed by atoms with Crippen molar-refractivity contribution in [1.29, 1.82) is 0 Å². The molecule has 0 amide bonds. The molecule has 6 heteroatoms. The zero-order chi connectivity index (χ0) is 18.5. The zero-order valence-electron chi connectivity index (χ0n) is 15.4. The highest BCUT2D eigenvalue weighted by Gasteiger charge is 2.15. The highest BCUT2D eigenvalue weighted by molar-refractivity contribution is 5.64. The molecule has 138 valence electrons. The van der Waals surface area contributed by atoms with Crippen LogP contribution in [0.3, 0.4) is 0 Å². The van der Waals surface area contributed by atoms with Crippen LogP contribution in [0.5, 0.6) is 5.75 Å². The first-order valence-corrected chi connectivity index (χ1v) is 9.05. The van der Waals surface area contributed by atoms with Gasteiger partial charge in [0, 0.05) is 73.8 Å². The Balaban J connectivity index is 1.48. The lowest BCUT2D eigenvalue weighted by atomic mass is 10.2. The maximum atomic E-state index is 5.28. The van der Waals surface area contributed by atoms with Crippen LogP contribution >= 0.6 is 0 Å². The highest BCUT2D eigenvalue weighted by Crippen LogP contribution is 2.26. The van der Waals surface area contributed by atoms with Crippen LogP contribution in [0.1, 0.15) is 11.1 Å². The third kappa shape index (κ3) is 4.35. The minimum atomic E-state index is 0.817. The van der Waals surface area contributed by atoms with E-state index >= 15 is 0 Å². The third-order valence-corrected chi connectivity index (χ3v) is 4.62. The van der Waals surface area contributed by atoms with Gasteiger partial charge < -0.3 is 15.4 Å². The number of aromatic nitrogens is 2. The third-order valence-electron chi connectivity index (χ3n) is 4.62. The minimum absolute atomic E-state index is 0.817. The van der Waals surface area contributed by atoms with Gasteiger partial charge in [-0.2, -0.15) is 0 Å². The molecule has 0 saturated carbocycles. The summed E-state index contributed by atoms with van der Waals surface area (Å²) in [5.41, 5.74) is 4.57. The SMILES string of the molecule is COc1cccc(Nc2cc3c(cn2)CN(Cc2ccncc2)CCN3)c1. The van der Waals surface area contributed by atoms with Crippen LogP contribution in [0, 0.1) is 0 Å². The van der Waals surface area contributed by atoms with Crippen LogP contribution in [-0.2, 0) is 13.1 Å². The predicted molar refractivity (Wildman–Crippen MR) is 107 cm³/mol. The Morgan fingerprint density at radius 3 is 2.93 bits per heavy atom. The van der Waals surface area contributed by atoms with E-state index in [4.69, 9.17) is 4.74 Å². The summed E-state index contributed by atoms with van der Waals surface area (Å²) in [6.07, 6.45) is 5.64. The molecule has 1 aliphatic rings. The van der Waals surface area contributed by atoms with E-state index in [1.807, 2.05) is 42.9 Å². The molecule has 0 atom stereocenters. The summed E-state index contributed by atoms with van der Waals surface area (Å²) in [4.78, 5) is 11.1. The molecule has 3 heterocycles. The number of fused-ring (bicyclic) bond motifs is 1. The second-order valence-corrected chi connectivity index (χ2v) is 6.58. The molecule has 0 fully saturated rings. The van der Waals surface area contributed by atoms with E-state index in [9.17, 15) is 0 Å². The van der Waals surface area contributed by atoms with Gasteiger partial charge in [0.05, 0.1) is 7.11 Å². The van der Waals surface area contributed by atoms with E-state index in [1.54, 1.807) is 7.11 Å². The highest BCUT2D eigenvalue weighted by atomic mass is 16.5. The first kappa shape index (κ1) is 17.3. The van der Waals surface area contributed by atoms with Crippen molar-refractivity contribution in [2.24, 2.45) is 0 Å². The number of ether oxygens (including phenoxy) is 1. The lowest BCUT2D eigenvalue weighted by Crippen LogP contribution is -2.25. The Labute approximate surface area is 159 Å². The molecule has 4 rings (SSSR count). The normalized spacial score (nSPS) is 14.0. The molecule has 6 nitrogen and oxygen atoms in total. The molecule has 1 aliphatic heterocycles. The van der Waals surface area contributed by atoms with Crippen molar-refractivity contribution in [3.63, 3.8) is 0 Å². The van der Waals surface area contributed by atoms with Crippen molar-refractivity contribution in [1.82, 2.24) is 14.9 Å². The average molecular weight is 361 g/mol. The zero-order valence-corrected chi connectivity index (χ0v) is 15.4. The van der Waals surface area contributed by atoms with E-state index in [1.165, 1.54) is 11.1 Å². The first-order valence-electron chi connectivity index (χ1n) is 9.05. The Hall–Kier alpha value is -3.12. The van der Waals surface area contributed by atoms with Gasteiger partial charge in [-0.05, 0) is 29.8 Å². The van der Waals surface area contributed by atoms with E-state index in [-0.39, 0.29) is 0 Å². The Morgan fingerprint density at radius 1 is 1.19 bits per heavy atom. The predicted octanol–water partition coefficient (Wildman–Crippen LogP) is 3.66. The second-order valence-electron chi connectivity index (χ2n) is 6.58. The van der Waals surface area contributed by atoms with E-state index in [0.29, 0.717) is 0 Å². The molecule has 2 aromatic heterocycles. The second kappa shape index (κ2) is 8.05. The molecule has 3 aromatic rings. The number of nitrogens with zero attached hydrogens (tertiary/aromatic N) is 3. The number of rotatable bonds is 5. The Morgan fingerprint density at radius 2 is 2.07 bits per heavy atom. The molecule has 0 spiro atoms. The number of nitrogens with one attached hydrogen (secondary N) is 2. The largest absolute Gasteiger partial charge is 0.497 e. The van der Waals surface area contributed by atoms with Gasteiger partial charge in [-0.25, -0.2) is 4.98 Å². The molecule has 0 radical (unpaired) electrons. The molecular weight excluding hydrogens is 338 g/mol. The summed E-state index contributed by atoms with van der Waals surface area (Å²) >= 11 is 0. The minimum Gasteiger partial charge on any atom is -0.497 e. The standard InChI is InChI=1S/C21H23N5O/c1-27-19-4-2-3-18(11-19)25-21-12-20-17(13-24-21)15-26(10-9-23-20)14-16-5-7-22-8-6-16/h2-8,11-13,23H,9-10,14-15H2,1H3,(H,24,25). The summed E-state index contributed by atoms with van der Waals surface area (Å²) in [5, 5.41) is 6.88. The molecule has 0 aliphatic carbocycles. The summed E-state index contributed by atoms with van der Waals surface area (Å²) in [5.74, 6) is 1.64. The van der Waals surface area contributed by atoms with Crippen LogP contribution in [0.15, 0.2) is 61.1 Å². The smallest absolute Gasteiger partial charge is 0.132 e. The van der Waals surface area contributed by atoms with E-state index < -0.39 is 0 Å². The van der Waals surface area contributed by atoms with Crippen molar-refractivity contribution in [2.45, 2.75) is 13.1 Å². The van der Waals surface area contributed by atoms with Gasteiger partial charge in [0.2, 0.25) is 0 Å². The number of hydrogen-bond acceptors (Lipinski definition) is 6. The lowest BCUT2D eigenvalue weighted by molar-refractivity contribution is 0.271. The van der Waals surface area contributed by atoms with Crippen molar-refractivity contribution < 1.29 is 4.74 Å². The summed E-state index contributed by atoms with van der Waals surface area (Å²) in [6, 6.07) is 14.0. The van der Waals surface area contributed by atoms with Crippen LogP contribution in [0.25, 0.3) is 0 Å². The number of benzene rings is 1. The number of hydrogen-bond donors (Lipinski definition) is 2. The monoisotopic (exact) mass is 361 g/mol. The molecule has 27 heavy (non-hydrogen) atoms. The Kier molecular flexibility index (Phi) is 5.16. The molecule has 0 unspecified atom stereocenters. The van der Waals surface area contributed by atoms with Crippen molar-refractivity contribution >= 4 is 17.2 Å². The summed E-state index contributed by atoms with van der Waals surface area (Å²) in [7, 11) is 1.67. The van der Waals surface area contributed by atoms with Crippen LogP contribution < -0.4 is 15.4 Å². The average Bonchev–Trinajstić information content (AvgIpc) is 2.90. The molecule has 0 bridgehead atoms. The number of methoxy groups -OCH3 is 1. The van der Waals surface area contributed by atoms with Gasteiger partial charge in [0.15, 0.2) is 0 Å². The Bertz CT molecular complexity index is 900. The van der Waals surface area contributed by atoms with Crippen molar-refractivity contribution in [3.8, 4) is 5.75 Å². The summed E-state index contributed by atoms with van der Waals surface area (Å²) in [6.45, 7) is 3.67. The molecule has 1 aromatic carbocycles. The fraction of sp³-hybridized carbons (Fsp3) is 0.238. The first-order chi connectivity index (χ1) is 13.3. The maximum Gasteiger partial charge on any atom is 0.132 e. The van der Waals surface area contributed by atoms with Gasteiger partial charge in [-0.3, -0.25) is 9.88 Å². The molecule has 0 saturated heterocycles. The van der Waals surface area contributed by atoms with Crippen molar-refractivity contribution in [3.05, 3.63) is 72.2 Å². The quantitative estimate of drug-likeness (QED) is 0.723. The van der Waals surface area contributed by atoms with Gasteiger partial charge >= 0.3 is 0 Å². The number of pyridine rings is 2. The molecule has 2 N–H and O–H groups in total. The summed E-state index contributed by atoms with van der Waals surface area (Å²) < 4.78 is 5.28. The van der Waals surface area contributed by atoms with Crippen LogP contribution in [0.4, 0.5) is 17.2 Å². The van der Waals surface area contributed by atoms with Gasteiger partial charge in [-0.15, -0.1) is 0 Å². The topological polar surface area (TPSA) is 62.3 Å². The van der Waals surface area contributed by atoms with E-state index in [0.717, 1.165) is 49.1 Å². The van der Waals surface area contributed by atoms with Crippen LogP contribution in [-0.4, -0.2) is 35.1 Å². The van der Waals surface area contributed by atoms with Crippen molar-refractivity contribution in [2.75, 3.05) is 30.8 Å². The van der Waals surface area contributed by atoms with Crippen LogP contribution in [0.2, 0.25) is 0 Å². The fourth-order valence-corrected chi connectivity index (χ4v) is 3.24. The lowest BCUT2D eigenvalue weighted by Gasteiger charge is -2.19. The van der Waals surface area contributed by atoms with Gasteiger partial charge in [-0.1, -0.05) is 6.07 Å². The maximum absolute atomic E-state index is 5.28. The number of anilines is 3. The molecular formula is C21H23N5O. The fourth-order valence-electron chi connectivity index (χ4n) is 3.24. The van der Waals surface area contributed by atoms with Gasteiger partial charge in [0.1, 0.15) is 11.6 Å². The van der Waals surface area contributed by atoms with E-state index in [2.05, 4.69) is 43.7 Å². The van der Waals surface area contributed by atoms with Gasteiger partial charge in [0.25, 0.3) is 0 Å².